The van der Waals surface area contributed by atoms with Crippen LogP contribution in [0.25, 0.3) is 0 Å². The van der Waals surface area contributed by atoms with Crippen LogP contribution in [0.1, 0.15) is 5.56 Å². The molecule has 1 heterocycles. The molecule has 0 saturated heterocycles. The molecule has 3 N–H and O–H groups in total. The molecule has 8 heteroatoms. The molecule has 0 aliphatic rings. The maximum absolute atomic E-state index is 12.0. The molecule has 0 saturated carbocycles. The van der Waals surface area contributed by atoms with Gasteiger partial charge < -0.3 is 25.4 Å². The molecule has 0 atom stereocenters. The highest BCUT2D eigenvalue weighted by Crippen LogP contribution is 2.32. The summed E-state index contributed by atoms with van der Waals surface area (Å²) in [6.45, 7) is 1.65. The van der Waals surface area contributed by atoms with Gasteiger partial charge in [0, 0.05) is 18.0 Å². The second kappa shape index (κ2) is 8.53. The number of nitrogens with one attached hydrogen (secondary N) is 3. The van der Waals surface area contributed by atoms with E-state index in [4.69, 9.17) is 9.47 Å². The predicted molar refractivity (Wildman–Crippen MR) is 94.2 cm³/mol. The van der Waals surface area contributed by atoms with Gasteiger partial charge in [0.25, 0.3) is 0 Å². The highest BCUT2D eigenvalue weighted by molar-refractivity contribution is 5.97. The van der Waals surface area contributed by atoms with E-state index in [2.05, 4.69) is 20.9 Å². The minimum absolute atomic E-state index is 0.174. The maximum atomic E-state index is 12.0. The molecule has 0 spiro atoms. The number of amides is 3. The second-order valence-corrected chi connectivity index (χ2v) is 5.12. The van der Waals surface area contributed by atoms with E-state index in [1.165, 1.54) is 20.4 Å². The smallest absolute Gasteiger partial charge is 0.319 e. The molecule has 0 unspecified atom stereocenters. The number of carbonyl (C=O) groups excluding carboxylic acids is 2. The van der Waals surface area contributed by atoms with Gasteiger partial charge in [-0.3, -0.25) is 9.78 Å². The summed E-state index contributed by atoms with van der Waals surface area (Å²) < 4.78 is 10.4. The van der Waals surface area contributed by atoms with E-state index in [0.717, 1.165) is 5.56 Å². The molecule has 1 aromatic carbocycles. The summed E-state index contributed by atoms with van der Waals surface area (Å²) in [5.41, 5.74) is 1.92. The third kappa shape index (κ3) is 5.10. The van der Waals surface area contributed by atoms with Gasteiger partial charge in [0.2, 0.25) is 5.91 Å². The Morgan fingerprint density at radius 1 is 1.12 bits per heavy atom. The molecule has 2 rings (SSSR count). The lowest BCUT2D eigenvalue weighted by molar-refractivity contribution is -0.115. The molecule has 8 nitrogen and oxygen atoms in total. The molecule has 0 radical (unpaired) electrons. The zero-order valence-electron chi connectivity index (χ0n) is 14.3. The summed E-state index contributed by atoms with van der Waals surface area (Å²) in [7, 11) is 3.05. The molecule has 0 fully saturated rings. The summed E-state index contributed by atoms with van der Waals surface area (Å²) in [5.74, 6) is 0.715. The predicted octanol–water partition coefficient (Wildman–Crippen LogP) is 2.17. The van der Waals surface area contributed by atoms with E-state index >= 15 is 0 Å². The van der Waals surface area contributed by atoms with Gasteiger partial charge in [0.15, 0.2) is 11.5 Å². The van der Waals surface area contributed by atoms with Gasteiger partial charge in [-0.25, -0.2) is 4.79 Å². The first-order valence-corrected chi connectivity index (χ1v) is 7.51. The normalized spacial score (nSPS) is 9.88. The second-order valence-electron chi connectivity index (χ2n) is 5.12. The third-order valence-electron chi connectivity index (χ3n) is 3.33. The van der Waals surface area contributed by atoms with E-state index in [9.17, 15) is 9.59 Å². The summed E-state index contributed by atoms with van der Waals surface area (Å²) >= 11 is 0. The Balaban J connectivity index is 1.91. The van der Waals surface area contributed by atoms with Crippen LogP contribution in [-0.4, -0.2) is 37.7 Å². The summed E-state index contributed by atoms with van der Waals surface area (Å²) in [6.07, 6.45) is 3.12. The Morgan fingerprint density at radius 3 is 2.48 bits per heavy atom. The number of hydrogen-bond acceptors (Lipinski definition) is 5. The lowest BCUT2D eigenvalue weighted by Gasteiger charge is -2.14. The number of carbonyl (C=O) groups is 2. The number of aromatic nitrogens is 1. The molecule has 25 heavy (non-hydrogen) atoms. The standard InChI is InChI=1S/C17H20N4O4/c1-11-7-14(24-2)15(25-3)8-13(11)21-17(23)19-10-16(22)20-12-5-4-6-18-9-12/h4-9H,10H2,1-3H3,(H,20,22)(H2,19,21,23). The number of aryl methyl sites for hydroxylation is 1. The molecule has 3 amide bonds. The van der Waals surface area contributed by atoms with Crippen molar-refractivity contribution >= 4 is 23.3 Å². The molecule has 2 aromatic rings. The Hall–Kier alpha value is -3.29. The third-order valence-corrected chi connectivity index (χ3v) is 3.33. The molecular weight excluding hydrogens is 324 g/mol. The van der Waals surface area contributed by atoms with Crippen molar-refractivity contribution in [3.8, 4) is 11.5 Å². The summed E-state index contributed by atoms with van der Waals surface area (Å²) in [6, 6.07) is 6.32. The molecule has 0 aliphatic heterocycles. The van der Waals surface area contributed by atoms with Gasteiger partial charge in [-0.1, -0.05) is 0 Å². The quantitative estimate of drug-likeness (QED) is 0.745. The van der Waals surface area contributed by atoms with Gasteiger partial charge in [-0.05, 0) is 30.7 Å². The molecule has 1 aromatic heterocycles. The molecule has 0 bridgehead atoms. The Bertz CT molecular complexity index is 750. The largest absolute Gasteiger partial charge is 0.493 e. The van der Waals surface area contributed by atoms with E-state index in [1.54, 1.807) is 30.5 Å². The van der Waals surface area contributed by atoms with Gasteiger partial charge in [0.05, 0.1) is 32.6 Å². The first kappa shape index (κ1) is 18.1. The summed E-state index contributed by atoms with van der Waals surface area (Å²) in [5, 5.41) is 7.79. The zero-order chi connectivity index (χ0) is 18.2. The maximum Gasteiger partial charge on any atom is 0.319 e. The van der Waals surface area contributed by atoms with Gasteiger partial charge in [-0.2, -0.15) is 0 Å². The van der Waals surface area contributed by atoms with Crippen LogP contribution in [0.4, 0.5) is 16.2 Å². The van der Waals surface area contributed by atoms with Crippen LogP contribution in [0.3, 0.4) is 0 Å². The van der Waals surface area contributed by atoms with Crippen LogP contribution in [0.15, 0.2) is 36.7 Å². The van der Waals surface area contributed by atoms with Crippen molar-refractivity contribution in [3.63, 3.8) is 0 Å². The molecule has 132 valence electrons. The van der Waals surface area contributed by atoms with Gasteiger partial charge in [0.1, 0.15) is 0 Å². The lowest BCUT2D eigenvalue weighted by Crippen LogP contribution is -2.35. The van der Waals surface area contributed by atoms with Crippen molar-refractivity contribution in [2.24, 2.45) is 0 Å². The Kier molecular flexibility index (Phi) is 6.16. The van der Waals surface area contributed by atoms with E-state index in [1.807, 2.05) is 6.92 Å². The van der Waals surface area contributed by atoms with Crippen LogP contribution in [0, 0.1) is 6.92 Å². The number of ether oxygens (including phenoxy) is 2. The number of benzene rings is 1. The Morgan fingerprint density at radius 2 is 1.84 bits per heavy atom. The number of urea groups is 1. The van der Waals surface area contributed by atoms with Crippen LogP contribution >= 0.6 is 0 Å². The zero-order valence-corrected chi connectivity index (χ0v) is 14.3. The lowest BCUT2D eigenvalue weighted by atomic mass is 10.1. The van der Waals surface area contributed by atoms with E-state index < -0.39 is 6.03 Å². The molecule has 0 aliphatic carbocycles. The number of pyridine rings is 1. The topological polar surface area (TPSA) is 102 Å². The highest BCUT2D eigenvalue weighted by atomic mass is 16.5. The van der Waals surface area contributed by atoms with Crippen molar-refractivity contribution in [2.75, 3.05) is 31.4 Å². The average Bonchev–Trinajstić information content (AvgIpc) is 2.62. The van der Waals surface area contributed by atoms with Crippen LogP contribution in [0.2, 0.25) is 0 Å². The van der Waals surface area contributed by atoms with Gasteiger partial charge in [-0.15, -0.1) is 0 Å². The summed E-state index contributed by atoms with van der Waals surface area (Å²) in [4.78, 5) is 27.7. The minimum Gasteiger partial charge on any atom is -0.493 e. The van der Waals surface area contributed by atoms with Gasteiger partial charge >= 0.3 is 6.03 Å². The average molecular weight is 344 g/mol. The molecular formula is C17H20N4O4. The van der Waals surface area contributed by atoms with Crippen LogP contribution < -0.4 is 25.4 Å². The van der Waals surface area contributed by atoms with E-state index in [-0.39, 0.29) is 12.5 Å². The van der Waals surface area contributed by atoms with Crippen molar-refractivity contribution in [2.45, 2.75) is 6.92 Å². The minimum atomic E-state index is -0.503. The van der Waals surface area contributed by atoms with Crippen molar-refractivity contribution in [1.82, 2.24) is 10.3 Å². The highest BCUT2D eigenvalue weighted by Gasteiger charge is 2.11. The number of rotatable bonds is 6. The number of nitrogens with zero attached hydrogens (tertiary/aromatic N) is 1. The Labute approximate surface area is 145 Å². The number of methoxy groups -OCH3 is 2. The fraction of sp³-hybridized carbons (Fsp3) is 0.235. The fourth-order valence-electron chi connectivity index (χ4n) is 2.08. The fourth-order valence-corrected chi connectivity index (χ4v) is 2.08. The SMILES string of the molecule is COc1cc(C)c(NC(=O)NCC(=O)Nc2cccnc2)cc1OC. The van der Waals surface area contributed by atoms with E-state index in [0.29, 0.717) is 22.9 Å². The van der Waals surface area contributed by atoms with Crippen LogP contribution in [-0.2, 0) is 4.79 Å². The first-order chi connectivity index (χ1) is 12.0. The number of hydrogen-bond donors (Lipinski definition) is 3. The monoisotopic (exact) mass is 344 g/mol. The first-order valence-electron chi connectivity index (χ1n) is 7.51. The van der Waals surface area contributed by atoms with Crippen LogP contribution in [0.5, 0.6) is 11.5 Å². The number of anilines is 2. The van der Waals surface area contributed by atoms with Crippen molar-refractivity contribution in [3.05, 3.63) is 42.2 Å². The van der Waals surface area contributed by atoms with Crippen molar-refractivity contribution in [1.29, 1.82) is 0 Å². The van der Waals surface area contributed by atoms with Crippen molar-refractivity contribution < 1.29 is 19.1 Å².